The first kappa shape index (κ1) is 30.4. The van der Waals surface area contributed by atoms with Crippen LogP contribution in [0.3, 0.4) is 0 Å². The lowest BCUT2D eigenvalue weighted by molar-refractivity contribution is 0.0224. The van der Waals surface area contributed by atoms with E-state index in [-0.39, 0.29) is 5.97 Å². The highest BCUT2D eigenvalue weighted by Gasteiger charge is 2.54. The number of rotatable bonds is 9. The molecule has 6 heteroatoms. The normalized spacial score (nSPS) is 15.7. The molecule has 0 saturated heterocycles. The molecule has 7 rings (SSSR count). The van der Waals surface area contributed by atoms with Gasteiger partial charge in [-0.1, -0.05) is 56.3 Å². The van der Waals surface area contributed by atoms with Crippen molar-refractivity contribution in [2.24, 2.45) is 0 Å². The van der Waals surface area contributed by atoms with Crippen molar-refractivity contribution < 1.29 is 19.0 Å². The lowest BCUT2D eigenvalue weighted by atomic mass is 9.77. The molecule has 0 radical (unpaired) electrons. The predicted molar refractivity (Wildman–Crippen MR) is 188 cm³/mol. The zero-order valence-electron chi connectivity index (χ0n) is 27.7. The molecule has 0 bridgehead atoms. The lowest BCUT2D eigenvalue weighted by Gasteiger charge is -2.38. The van der Waals surface area contributed by atoms with Crippen molar-refractivity contribution in [2.45, 2.75) is 46.1 Å². The van der Waals surface area contributed by atoms with Crippen LogP contribution >= 0.6 is 0 Å². The fourth-order valence-corrected chi connectivity index (χ4v) is 6.99. The molecule has 0 aromatic heterocycles. The summed E-state index contributed by atoms with van der Waals surface area (Å²) in [5.41, 5.74) is 8.04. The van der Waals surface area contributed by atoms with Crippen LogP contribution in [0.25, 0.3) is 0 Å². The average Bonchev–Trinajstić information content (AvgIpc) is 3.41. The highest BCUT2D eigenvalue weighted by molar-refractivity contribution is 5.97. The number of esters is 1. The Morgan fingerprint density at radius 2 is 1.26 bits per heavy atom. The average molecular weight is 625 g/mol. The number of carbonyl (C=O) groups excluding carboxylic acids is 1. The number of aryl methyl sites for hydroxylation is 2. The lowest BCUT2D eigenvalue weighted by Crippen LogP contribution is -2.33. The van der Waals surface area contributed by atoms with Gasteiger partial charge in [-0.05, 0) is 86.3 Å². The second-order valence-electron chi connectivity index (χ2n) is 12.0. The monoisotopic (exact) mass is 624 g/mol. The van der Waals surface area contributed by atoms with Crippen molar-refractivity contribution >= 4 is 28.7 Å². The number of methoxy groups -OCH3 is 1. The Bertz CT molecular complexity index is 1900. The van der Waals surface area contributed by atoms with Crippen LogP contribution in [0.4, 0.5) is 22.7 Å². The molecule has 0 fully saturated rings. The van der Waals surface area contributed by atoms with Crippen molar-refractivity contribution in [1.29, 1.82) is 0 Å². The Kier molecular flexibility index (Phi) is 7.88. The van der Waals surface area contributed by atoms with E-state index >= 15 is 0 Å². The number of fused-ring (bicyclic) bond motifs is 6. The first-order valence-corrected chi connectivity index (χ1v) is 16.6. The van der Waals surface area contributed by atoms with Crippen LogP contribution in [0.5, 0.6) is 17.2 Å². The van der Waals surface area contributed by atoms with Crippen molar-refractivity contribution in [3.05, 3.63) is 137 Å². The number of ether oxygens (including phenoxy) is 3. The Morgan fingerprint density at radius 1 is 0.660 bits per heavy atom. The third-order valence-corrected chi connectivity index (χ3v) is 9.57. The van der Waals surface area contributed by atoms with Gasteiger partial charge >= 0.3 is 5.97 Å². The summed E-state index contributed by atoms with van der Waals surface area (Å²) in [6, 6.07) is 35.1. The molecule has 6 nitrogen and oxygen atoms in total. The smallest absolute Gasteiger partial charge is 0.340 e. The Morgan fingerprint density at radius 3 is 1.85 bits per heavy atom. The van der Waals surface area contributed by atoms with Crippen molar-refractivity contribution in [3.63, 3.8) is 0 Å². The maximum Gasteiger partial charge on any atom is 0.340 e. The summed E-state index contributed by atoms with van der Waals surface area (Å²) in [7, 11) is 1.68. The highest BCUT2D eigenvalue weighted by Crippen LogP contribution is 2.59. The van der Waals surface area contributed by atoms with Gasteiger partial charge in [0.25, 0.3) is 0 Å². The third-order valence-electron chi connectivity index (χ3n) is 9.57. The van der Waals surface area contributed by atoms with Crippen LogP contribution in [0.1, 0.15) is 65.9 Å². The number of benzene rings is 5. The predicted octanol–water partition coefficient (Wildman–Crippen LogP) is 9.70. The molecule has 2 aliphatic heterocycles. The van der Waals surface area contributed by atoms with E-state index in [1.807, 2.05) is 30.3 Å². The van der Waals surface area contributed by atoms with Crippen molar-refractivity contribution in [2.75, 3.05) is 30.0 Å². The van der Waals surface area contributed by atoms with Gasteiger partial charge in [-0.15, -0.1) is 0 Å². The molecular formula is C41H40N2O4. The molecule has 1 spiro atoms. The summed E-state index contributed by atoms with van der Waals surface area (Å²) in [5, 5.41) is 0. The summed E-state index contributed by atoms with van der Waals surface area (Å²) >= 11 is 0. The zero-order chi connectivity index (χ0) is 32.7. The number of hydrogen-bond acceptors (Lipinski definition) is 6. The maximum absolute atomic E-state index is 13.6. The molecule has 238 valence electrons. The van der Waals surface area contributed by atoms with E-state index in [0.717, 1.165) is 65.4 Å². The molecule has 0 N–H and O–H groups in total. The Balaban J connectivity index is 1.49. The van der Waals surface area contributed by atoms with E-state index in [0.29, 0.717) is 22.8 Å². The fraction of sp³-hybridized carbons (Fsp3) is 0.244. The van der Waals surface area contributed by atoms with Gasteiger partial charge in [0, 0.05) is 59.0 Å². The molecule has 1 unspecified atom stereocenters. The summed E-state index contributed by atoms with van der Waals surface area (Å²) < 4.78 is 19.4. The number of anilines is 4. The molecule has 0 amide bonds. The number of carbonyl (C=O) groups is 1. The number of nitrogens with zero attached hydrogens (tertiary/aromatic N) is 2. The van der Waals surface area contributed by atoms with Gasteiger partial charge in [0.1, 0.15) is 17.2 Å². The summed E-state index contributed by atoms with van der Waals surface area (Å²) in [4.78, 5) is 18.1. The van der Waals surface area contributed by atoms with Gasteiger partial charge in [0.05, 0.1) is 18.4 Å². The molecule has 0 aliphatic carbocycles. The minimum absolute atomic E-state index is 0.355. The molecule has 2 aliphatic rings. The molecular weight excluding hydrogens is 584 g/mol. The summed E-state index contributed by atoms with van der Waals surface area (Å²) in [6.07, 6.45) is 1.90. The van der Waals surface area contributed by atoms with E-state index < -0.39 is 5.60 Å². The second kappa shape index (κ2) is 12.2. The maximum atomic E-state index is 13.6. The van der Waals surface area contributed by atoms with Gasteiger partial charge in [0.15, 0.2) is 5.60 Å². The number of hydrogen-bond donors (Lipinski definition) is 0. The molecule has 5 aromatic carbocycles. The van der Waals surface area contributed by atoms with Crippen LogP contribution in [-0.2, 0) is 23.2 Å². The van der Waals surface area contributed by atoms with E-state index in [1.165, 1.54) is 11.1 Å². The van der Waals surface area contributed by atoms with E-state index in [2.05, 4.69) is 110 Å². The van der Waals surface area contributed by atoms with E-state index in [4.69, 9.17) is 14.2 Å². The van der Waals surface area contributed by atoms with Crippen LogP contribution in [-0.4, -0.2) is 26.2 Å². The van der Waals surface area contributed by atoms with Gasteiger partial charge in [-0.3, -0.25) is 0 Å². The van der Waals surface area contributed by atoms with Crippen LogP contribution in [0, 0.1) is 0 Å². The van der Waals surface area contributed by atoms with Gasteiger partial charge < -0.3 is 24.0 Å². The van der Waals surface area contributed by atoms with Gasteiger partial charge in [-0.25, -0.2) is 4.79 Å². The third kappa shape index (κ3) is 4.91. The highest BCUT2D eigenvalue weighted by atomic mass is 16.6. The zero-order valence-corrected chi connectivity index (χ0v) is 27.7. The minimum atomic E-state index is -1.21. The molecule has 0 saturated carbocycles. The van der Waals surface area contributed by atoms with Crippen LogP contribution < -0.4 is 19.3 Å². The van der Waals surface area contributed by atoms with Gasteiger partial charge in [0.2, 0.25) is 0 Å². The molecule has 2 heterocycles. The van der Waals surface area contributed by atoms with E-state index in [9.17, 15) is 4.79 Å². The van der Waals surface area contributed by atoms with Crippen LogP contribution in [0.15, 0.2) is 103 Å². The minimum Gasteiger partial charge on any atom is -0.494 e. The quantitative estimate of drug-likeness (QED) is 0.152. The first-order chi connectivity index (χ1) is 22.9. The Hall–Kier alpha value is -5.23. The van der Waals surface area contributed by atoms with E-state index in [1.54, 1.807) is 7.11 Å². The Labute approximate surface area is 277 Å². The SMILES string of the molecule is CCc1ccc(N(c2ccc(CC)cc2)c2cc3c(cc2OC)Oc2cc(N(CC)CC)ccc2C32OC(=O)c3ccccc32)cc1. The van der Waals surface area contributed by atoms with Gasteiger partial charge in [-0.2, -0.15) is 0 Å². The topological polar surface area (TPSA) is 51.2 Å². The van der Waals surface area contributed by atoms with Crippen molar-refractivity contribution in [1.82, 2.24) is 0 Å². The summed E-state index contributed by atoms with van der Waals surface area (Å²) in [5.74, 6) is 1.52. The summed E-state index contributed by atoms with van der Waals surface area (Å²) in [6.45, 7) is 10.3. The standard InChI is InChI=1S/C41H40N2O4/c1-6-27-14-18-29(19-15-27)43(30-20-16-28(7-2)17-21-30)36-25-35-38(26-39(36)45-5)46-37-24-31(42(8-3)9-4)22-23-34(37)41(35)33-13-11-10-12-32(33)40(44)47-41/h10-26H,6-9H2,1-5H3. The first-order valence-electron chi connectivity index (χ1n) is 16.6. The molecule has 5 aromatic rings. The second-order valence-corrected chi connectivity index (χ2v) is 12.0. The largest absolute Gasteiger partial charge is 0.494 e. The molecule has 47 heavy (non-hydrogen) atoms. The van der Waals surface area contributed by atoms with Crippen LogP contribution in [0.2, 0.25) is 0 Å². The van der Waals surface area contributed by atoms with Crippen molar-refractivity contribution in [3.8, 4) is 17.2 Å². The molecule has 1 atom stereocenters. The fourth-order valence-electron chi connectivity index (χ4n) is 6.99.